The van der Waals surface area contributed by atoms with Crippen molar-refractivity contribution in [2.75, 3.05) is 20.3 Å². The zero-order chi connectivity index (χ0) is 15.7. The molecular formula is C13H16FN3O4. The van der Waals surface area contributed by atoms with E-state index in [2.05, 4.69) is 10.7 Å². The fourth-order valence-corrected chi connectivity index (χ4v) is 1.34. The highest BCUT2D eigenvalue weighted by Crippen LogP contribution is 2.01. The van der Waals surface area contributed by atoms with Crippen molar-refractivity contribution in [1.82, 2.24) is 16.2 Å². The van der Waals surface area contributed by atoms with Gasteiger partial charge in [-0.15, -0.1) is 0 Å². The van der Waals surface area contributed by atoms with E-state index >= 15 is 0 Å². The molecule has 1 aromatic rings. The number of nitrogens with one attached hydrogen (secondary N) is 3. The summed E-state index contributed by atoms with van der Waals surface area (Å²) in [7, 11) is 1.53. The topological polar surface area (TPSA) is 96.5 Å². The van der Waals surface area contributed by atoms with Crippen LogP contribution in [0.4, 0.5) is 4.39 Å². The molecule has 0 saturated heterocycles. The summed E-state index contributed by atoms with van der Waals surface area (Å²) in [5.74, 6) is -3.00. The SMILES string of the molecule is COCCCNC(=O)C(=O)NNC(=O)c1ccc(F)cc1. The second-order valence-corrected chi connectivity index (χ2v) is 4.02. The predicted molar refractivity (Wildman–Crippen MR) is 71.5 cm³/mol. The first-order chi connectivity index (χ1) is 10.0. The smallest absolute Gasteiger partial charge is 0.327 e. The number of rotatable bonds is 5. The molecule has 0 aliphatic carbocycles. The van der Waals surface area contributed by atoms with Crippen LogP contribution < -0.4 is 16.2 Å². The van der Waals surface area contributed by atoms with Crippen molar-refractivity contribution >= 4 is 17.7 Å². The van der Waals surface area contributed by atoms with Crippen LogP contribution in [0.15, 0.2) is 24.3 Å². The molecule has 8 heteroatoms. The number of methoxy groups -OCH3 is 1. The number of carbonyl (C=O) groups excluding carboxylic acids is 3. The van der Waals surface area contributed by atoms with Crippen LogP contribution >= 0.6 is 0 Å². The van der Waals surface area contributed by atoms with Crippen molar-refractivity contribution in [3.8, 4) is 0 Å². The number of ether oxygens (including phenoxy) is 1. The van der Waals surface area contributed by atoms with E-state index in [-0.39, 0.29) is 12.1 Å². The van der Waals surface area contributed by atoms with Crippen molar-refractivity contribution < 1.29 is 23.5 Å². The molecule has 1 rings (SSSR count). The molecule has 0 unspecified atom stereocenters. The molecule has 3 N–H and O–H groups in total. The second-order valence-electron chi connectivity index (χ2n) is 4.02. The molecule has 0 aliphatic heterocycles. The summed E-state index contributed by atoms with van der Waals surface area (Å²) < 4.78 is 17.5. The Hall–Kier alpha value is -2.48. The summed E-state index contributed by atoms with van der Waals surface area (Å²) in [4.78, 5) is 34.3. The first-order valence-corrected chi connectivity index (χ1v) is 6.17. The Morgan fingerprint density at radius 2 is 1.76 bits per heavy atom. The molecule has 3 amide bonds. The fraction of sp³-hybridized carbons (Fsp3) is 0.308. The maximum atomic E-state index is 12.7. The van der Waals surface area contributed by atoms with E-state index in [1.807, 2.05) is 5.43 Å². The van der Waals surface area contributed by atoms with E-state index in [0.717, 1.165) is 12.1 Å². The van der Waals surface area contributed by atoms with Crippen molar-refractivity contribution in [3.05, 3.63) is 35.6 Å². The van der Waals surface area contributed by atoms with Crippen LogP contribution in [0.5, 0.6) is 0 Å². The van der Waals surface area contributed by atoms with Gasteiger partial charge in [-0.2, -0.15) is 0 Å². The third kappa shape index (κ3) is 6.00. The van der Waals surface area contributed by atoms with Crippen LogP contribution in [0.25, 0.3) is 0 Å². The molecule has 21 heavy (non-hydrogen) atoms. The lowest BCUT2D eigenvalue weighted by Gasteiger charge is -2.07. The third-order valence-electron chi connectivity index (χ3n) is 2.41. The van der Waals surface area contributed by atoms with Crippen molar-refractivity contribution in [2.45, 2.75) is 6.42 Å². The monoisotopic (exact) mass is 297 g/mol. The molecule has 1 aromatic carbocycles. The normalized spacial score (nSPS) is 9.81. The number of amides is 3. The number of hydrogen-bond acceptors (Lipinski definition) is 4. The van der Waals surface area contributed by atoms with Crippen molar-refractivity contribution in [1.29, 1.82) is 0 Å². The van der Waals surface area contributed by atoms with Crippen molar-refractivity contribution in [2.24, 2.45) is 0 Å². The van der Waals surface area contributed by atoms with Gasteiger partial charge in [0.25, 0.3) is 5.91 Å². The summed E-state index contributed by atoms with van der Waals surface area (Å²) >= 11 is 0. The van der Waals surface area contributed by atoms with E-state index in [1.54, 1.807) is 0 Å². The zero-order valence-corrected chi connectivity index (χ0v) is 11.4. The van der Waals surface area contributed by atoms with Gasteiger partial charge < -0.3 is 10.1 Å². The molecule has 0 aliphatic rings. The van der Waals surface area contributed by atoms with Gasteiger partial charge in [-0.25, -0.2) is 4.39 Å². The van der Waals surface area contributed by atoms with E-state index in [0.29, 0.717) is 13.0 Å². The van der Waals surface area contributed by atoms with Gasteiger partial charge >= 0.3 is 11.8 Å². The number of halogens is 1. The molecule has 0 atom stereocenters. The van der Waals surface area contributed by atoms with Gasteiger partial charge in [-0.1, -0.05) is 0 Å². The number of hydrogen-bond donors (Lipinski definition) is 3. The largest absolute Gasteiger partial charge is 0.385 e. The third-order valence-corrected chi connectivity index (χ3v) is 2.41. The molecule has 0 saturated carbocycles. The van der Waals surface area contributed by atoms with Gasteiger partial charge in [0.2, 0.25) is 0 Å². The summed E-state index contributed by atoms with van der Waals surface area (Å²) in [5.41, 5.74) is 4.17. The Kier molecular flexibility index (Phi) is 6.82. The average molecular weight is 297 g/mol. The van der Waals surface area contributed by atoms with Gasteiger partial charge in [0.1, 0.15) is 5.82 Å². The summed E-state index contributed by atoms with van der Waals surface area (Å²) in [6.45, 7) is 0.745. The minimum absolute atomic E-state index is 0.150. The van der Waals surface area contributed by atoms with Crippen LogP contribution in [-0.2, 0) is 14.3 Å². The zero-order valence-electron chi connectivity index (χ0n) is 11.4. The molecule has 0 fully saturated rings. The molecule has 0 spiro atoms. The standard InChI is InChI=1S/C13H16FN3O4/c1-21-8-2-7-15-12(19)13(20)17-16-11(18)9-3-5-10(14)6-4-9/h3-6H,2,7-8H2,1H3,(H,15,19)(H,16,18)(H,17,20). The van der Waals surface area contributed by atoms with Crippen LogP contribution in [-0.4, -0.2) is 38.0 Å². The van der Waals surface area contributed by atoms with Gasteiger partial charge in [0.05, 0.1) is 0 Å². The Morgan fingerprint density at radius 1 is 1.10 bits per heavy atom. The number of benzene rings is 1. The lowest BCUT2D eigenvalue weighted by Crippen LogP contribution is -2.48. The van der Waals surface area contributed by atoms with E-state index in [9.17, 15) is 18.8 Å². The van der Waals surface area contributed by atoms with Crippen LogP contribution in [0, 0.1) is 5.82 Å². The molecule has 0 aromatic heterocycles. The van der Waals surface area contributed by atoms with Crippen LogP contribution in [0.1, 0.15) is 16.8 Å². The summed E-state index contributed by atoms with van der Waals surface area (Å²) in [6, 6.07) is 4.72. The molecule has 0 radical (unpaired) electrons. The minimum atomic E-state index is -0.997. The Morgan fingerprint density at radius 3 is 2.38 bits per heavy atom. The summed E-state index contributed by atoms with van der Waals surface area (Å²) in [6.07, 6.45) is 0.567. The van der Waals surface area contributed by atoms with E-state index in [1.165, 1.54) is 19.2 Å². The van der Waals surface area contributed by atoms with Gasteiger partial charge in [-0.05, 0) is 30.7 Å². The predicted octanol–water partition coefficient (Wildman–Crippen LogP) is -0.261. The van der Waals surface area contributed by atoms with Gasteiger partial charge in [0, 0.05) is 25.8 Å². The Labute approximate surface area is 120 Å². The van der Waals surface area contributed by atoms with E-state index < -0.39 is 23.5 Å². The molecule has 0 heterocycles. The lowest BCUT2D eigenvalue weighted by atomic mass is 10.2. The fourth-order valence-electron chi connectivity index (χ4n) is 1.34. The average Bonchev–Trinajstić information content (AvgIpc) is 2.49. The van der Waals surface area contributed by atoms with Crippen molar-refractivity contribution in [3.63, 3.8) is 0 Å². The first-order valence-electron chi connectivity index (χ1n) is 6.17. The van der Waals surface area contributed by atoms with Crippen LogP contribution in [0.2, 0.25) is 0 Å². The number of hydrazine groups is 1. The molecule has 7 nitrogen and oxygen atoms in total. The highest BCUT2D eigenvalue weighted by molar-refractivity contribution is 6.35. The Bertz CT molecular complexity index is 505. The summed E-state index contributed by atoms with van der Waals surface area (Å²) in [5, 5.41) is 2.36. The molecular weight excluding hydrogens is 281 g/mol. The van der Waals surface area contributed by atoms with E-state index in [4.69, 9.17) is 4.74 Å². The molecule has 114 valence electrons. The minimum Gasteiger partial charge on any atom is -0.385 e. The quantitative estimate of drug-likeness (QED) is 0.396. The maximum Gasteiger partial charge on any atom is 0.327 e. The highest BCUT2D eigenvalue weighted by Gasteiger charge is 2.14. The second kappa shape index (κ2) is 8.64. The van der Waals surface area contributed by atoms with Gasteiger partial charge in [-0.3, -0.25) is 25.2 Å². The first kappa shape index (κ1) is 16.6. The van der Waals surface area contributed by atoms with Gasteiger partial charge in [0.15, 0.2) is 0 Å². The Balaban J connectivity index is 2.33. The highest BCUT2D eigenvalue weighted by atomic mass is 19.1. The lowest BCUT2D eigenvalue weighted by molar-refractivity contribution is -0.139. The molecule has 0 bridgehead atoms. The van der Waals surface area contributed by atoms with Crippen LogP contribution in [0.3, 0.4) is 0 Å². The number of carbonyl (C=O) groups is 3. The maximum absolute atomic E-state index is 12.7.